The van der Waals surface area contributed by atoms with E-state index in [0.29, 0.717) is 16.3 Å². The number of carbonyl (C=O) groups excluding carboxylic acids is 3. The van der Waals surface area contributed by atoms with Crippen LogP contribution in [0, 0.1) is 5.41 Å². The number of pyridine rings is 1. The molecule has 196 valence electrons. The molecule has 1 aliphatic heterocycles. The number of aromatic nitrogens is 1. The molecule has 0 aliphatic carbocycles. The van der Waals surface area contributed by atoms with E-state index in [4.69, 9.17) is 4.74 Å². The average molecular weight is 540 g/mol. The normalized spacial score (nSPS) is 15.3. The van der Waals surface area contributed by atoms with Crippen LogP contribution in [0.3, 0.4) is 0 Å². The van der Waals surface area contributed by atoms with Crippen molar-refractivity contribution in [1.82, 2.24) is 4.98 Å². The first-order valence-corrected chi connectivity index (χ1v) is 13.6. The lowest BCUT2D eigenvalue weighted by atomic mass is 9.84. The van der Waals surface area contributed by atoms with Crippen molar-refractivity contribution in [2.45, 2.75) is 11.3 Å². The van der Waals surface area contributed by atoms with E-state index in [1.165, 1.54) is 28.5 Å². The number of esters is 1. The van der Waals surface area contributed by atoms with E-state index in [9.17, 15) is 18.9 Å². The first-order valence-electron chi connectivity index (χ1n) is 12.3. The molecule has 2 amide bonds. The zero-order valence-corrected chi connectivity index (χ0v) is 21.7. The molecule has 0 radical (unpaired) electrons. The minimum absolute atomic E-state index is 0.0111. The minimum atomic E-state index is -1.80. The van der Waals surface area contributed by atoms with E-state index >= 15 is 0 Å². The summed E-state index contributed by atoms with van der Waals surface area (Å²) in [7, 11) is 0. The summed E-state index contributed by atoms with van der Waals surface area (Å²) in [5.41, 5.74) is -0.652. The van der Waals surface area contributed by atoms with Crippen molar-refractivity contribution in [3.05, 3.63) is 121 Å². The highest BCUT2D eigenvalue weighted by atomic mass is 32.2. The van der Waals surface area contributed by atoms with Crippen molar-refractivity contribution in [2.24, 2.45) is 5.41 Å². The smallest absolute Gasteiger partial charge is 0.339 e. The molecule has 5 rings (SSSR count). The van der Waals surface area contributed by atoms with E-state index in [1.54, 1.807) is 78.9 Å². The monoisotopic (exact) mass is 539 g/mol. The second-order valence-electron chi connectivity index (χ2n) is 8.92. The maximum Gasteiger partial charge on any atom is 0.339 e. The number of rotatable bonds is 9. The number of benzene rings is 3. The molecule has 1 atom stereocenters. The molecular formula is C30H25N3O5S. The Bertz CT molecular complexity index is 1380. The number of hydrogen-bond acceptors (Lipinski definition) is 6. The fourth-order valence-corrected chi connectivity index (χ4v) is 5.63. The Labute approximate surface area is 229 Å². The number of hydrogen-bond donors (Lipinski definition) is 0. The van der Waals surface area contributed by atoms with Crippen molar-refractivity contribution in [2.75, 3.05) is 22.4 Å². The van der Waals surface area contributed by atoms with Gasteiger partial charge in [-0.2, -0.15) is 0 Å². The molecule has 1 fully saturated rings. The summed E-state index contributed by atoms with van der Waals surface area (Å²) in [6.45, 7) is -0.517. The Balaban J connectivity index is 1.53. The molecule has 4 aromatic rings. The van der Waals surface area contributed by atoms with Gasteiger partial charge in [0.1, 0.15) is 12.4 Å². The van der Waals surface area contributed by atoms with Gasteiger partial charge in [-0.25, -0.2) is 14.8 Å². The standard InChI is InChI=1S/C30H25N3O5S/c34-27(23-11-10-19-31-21-23)38-22-30(18-20-39(37)26-16-8-3-9-17-26)28(35)32(24-12-4-1-5-13-24)33(29(30)36)25-14-6-2-7-15-25/h1-17,19,21H,18,20,22H2. The van der Waals surface area contributed by atoms with Crippen LogP contribution in [-0.4, -0.2) is 39.7 Å². The first kappa shape index (κ1) is 26.1. The van der Waals surface area contributed by atoms with Crippen LogP contribution in [0.2, 0.25) is 0 Å². The quantitative estimate of drug-likeness (QED) is 0.177. The van der Waals surface area contributed by atoms with Gasteiger partial charge in [-0.15, -0.1) is 0 Å². The van der Waals surface area contributed by atoms with Crippen molar-refractivity contribution >= 4 is 40.3 Å². The van der Waals surface area contributed by atoms with Crippen LogP contribution in [0.5, 0.6) is 0 Å². The molecule has 1 unspecified atom stereocenters. The Morgan fingerprint density at radius 3 is 1.85 bits per heavy atom. The summed E-state index contributed by atoms with van der Waals surface area (Å²) in [5.74, 6) is -1.83. The van der Waals surface area contributed by atoms with Gasteiger partial charge in [0.2, 0.25) is 0 Å². The number of hydrazine groups is 1. The van der Waals surface area contributed by atoms with Gasteiger partial charge in [-0.1, -0.05) is 54.6 Å². The molecule has 9 heteroatoms. The lowest BCUT2D eigenvalue weighted by molar-refractivity contribution is -0.137. The summed E-state index contributed by atoms with van der Waals surface area (Å²) in [4.78, 5) is 45.9. The number of ether oxygens (including phenoxy) is 1. The average Bonchev–Trinajstić information content (AvgIpc) is 3.22. The molecule has 1 saturated heterocycles. The van der Waals surface area contributed by atoms with Crippen LogP contribution in [0.25, 0.3) is 0 Å². The summed E-state index contributed by atoms with van der Waals surface area (Å²) in [6, 6.07) is 29.5. The molecule has 0 saturated carbocycles. The van der Waals surface area contributed by atoms with Gasteiger partial charge in [0, 0.05) is 18.8 Å². The second-order valence-corrected chi connectivity index (χ2v) is 10.5. The summed E-state index contributed by atoms with van der Waals surface area (Å²) in [6.07, 6.45) is 2.78. The third-order valence-corrected chi connectivity index (χ3v) is 7.85. The van der Waals surface area contributed by atoms with Crippen LogP contribution in [0.15, 0.2) is 120 Å². The maximum absolute atomic E-state index is 14.3. The molecule has 0 N–H and O–H groups in total. The zero-order chi connectivity index (χ0) is 27.2. The summed E-state index contributed by atoms with van der Waals surface area (Å²) in [5, 5.41) is 2.61. The minimum Gasteiger partial charge on any atom is -0.611 e. The van der Waals surface area contributed by atoms with Gasteiger partial charge < -0.3 is 9.29 Å². The SMILES string of the molecule is O=C(OCC1(CC[S+]([O-])c2ccccc2)C(=O)N(c2ccccc2)N(c2ccccc2)C1=O)c1cccnc1. The Kier molecular flexibility index (Phi) is 7.72. The highest BCUT2D eigenvalue weighted by Gasteiger charge is 2.60. The molecule has 3 aromatic carbocycles. The molecular weight excluding hydrogens is 514 g/mol. The number of nitrogens with zero attached hydrogens (tertiary/aromatic N) is 3. The summed E-state index contributed by atoms with van der Waals surface area (Å²) >= 11 is -1.49. The fourth-order valence-electron chi connectivity index (χ4n) is 4.40. The largest absolute Gasteiger partial charge is 0.611 e. The molecule has 0 bridgehead atoms. The van der Waals surface area contributed by atoms with Crippen LogP contribution in [0.4, 0.5) is 11.4 Å². The molecule has 0 spiro atoms. The lowest BCUT2D eigenvalue weighted by Crippen LogP contribution is -2.43. The number of carbonyl (C=O) groups is 3. The Morgan fingerprint density at radius 2 is 1.33 bits per heavy atom. The van der Waals surface area contributed by atoms with Crippen LogP contribution < -0.4 is 10.0 Å². The molecule has 1 aromatic heterocycles. The van der Waals surface area contributed by atoms with Crippen LogP contribution >= 0.6 is 0 Å². The third-order valence-electron chi connectivity index (χ3n) is 6.47. The van der Waals surface area contributed by atoms with Gasteiger partial charge in [0.25, 0.3) is 11.8 Å². The Morgan fingerprint density at radius 1 is 0.795 bits per heavy atom. The molecule has 8 nitrogen and oxygen atoms in total. The summed E-state index contributed by atoms with van der Waals surface area (Å²) < 4.78 is 18.8. The topological polar surface area (TPSA) is 103 Å². The third kappa shape index (κ3) is 5.27. The second kappa shape index (κ2) is 11.5. The van der Waals surface area contributed by atoms with Gasteiger partial charge >= 0.3 is 5.97 Å². The number of para-hydroxylation sites is 2. The zero-order valence-electron chi connectivity index (χ0n) is 20.9. The molecule has 39 heavy (non-hydrogen) atoms. The highest BCUT2D eigenvalue weighted by Crippen LogP contribution is 2.41. The van der Waals surface area contributed by atoms with E-state index < -0.39 is 41.0 Å². The van der Waals surface area contributed by atoms with Crippen LogP contribution in [0.1, 0.15) is 16.8 Å². The van der Waals surface area contributed by atoms with E-state index in [0.717, 1.165) is 0 Å². The van der Waals surface area contributed by atoms with Gasteiger partial charge in [-0.3, -0.25) is 14.6 Å². The fraction of sp³-hybridized carbons (Fsp3) is 0.133. The van der Waals surface area contributed by atoms with Crippen molar-refractivity contribution in [3.63, 3.8) is 0 Å². The van der Waals surface area contributed by atoms with Gasteiger partial charge in [-0.05, 0) is 59.7 Å². The van der Waals surface area contributed by atoms with Crippen molar-refractivity contribution in [1.29, 1.82) is 0 Å². The van der Waals surface area contributed by atoms with Crippen molar-refractivity contribution in [3.8, 4) is 0 Å². The van der Waals surface area contributed by atoms with E-state index in [2.05, 4.69) is 4.98 Å². The van der Waals surface area contributed by atoms with E-state index in [1.807, 2.05) is 18.2 Å². The first-order chi connectivity index (χ1) is 19.0. The highest BCUT2D eigenvalue weighted by molar-refractivity contribution is 7.91. The van der Waals surface area contributed by atoms with Crippen LogP contribution in [-0.2, 0) is 25.5 Å². The number of amides is 2. The maximum atomic E-state index is 14.3. The predicted octanol–water partition coefficient (Wildman–Crippen LogP) is 4.42. The van der Waals surface area contributed by atoms with Gasteiger partial charge in [0.15, 0.2) is 10.3 Å². The Hall–Kier alpha value is -4.47. The molecule has 1 aliphatic rings. The van der Waals surface area contributed by atoms with Gasteiger partial charge in [0.05, 0.1) is 16.9 Å². The molecule has 2 heterocycles. The lowest BCUT2D eigenvalue weighted by Gasteiger charge is -2.27. The van der Waals surface area contributed by atoms with Crippen molar-refractivity contribution < 1.29 is 23.7 Å². The predicted molar refractivity (Wildman–Crippen MR) is 147 cm³/mol. The number of anilines is 2. The van der Waals surface area contributed by atoms with E-state index in [-0.39, 0.29) is 17.7 Å².